The largest absolute Gasteiger partial charge is 0.381 e. The van der Waals surface area contributed by atoms with E-state index >= 15 is 0 Å². The third kappa shape index (κ3) is 3.76. The highest BCUT2D eigenvalue weighted by Crippen LogP contribution is 2.30. The number of hydrogen-bond donors (Lipinski definition) is 1. The molecule has 1 N–H and O–H groups in total. The summed E-state index contributed by atoms with van der Waals surface area (Å²) in [6.45, 7) is 3.34. The predicted molar refractivity (Wildman–Crippen MR) is 85.6 cm³/mol. The van der Waals surface area contributed by atoms with Gasteiger partial charge < -0.3 is 10.1 Å². The Morgan fingerprint density at radius 2 is 2.17 bits per heavy atom. The molecule has 2 atom stereocenters. The molecule has 2 aromatic heterocycles. The van der Waals surface area contributed by atoms with Crippen LogP contribution in [-0.2, 0) is 9.53 Å². The molecule has 3 rings (SSSR count). The molecule has 0 radical (unpaired) electrons. The van der Waals surface area contributed by atoms with Crippen molar-refractivity contribution in [2.75, 3.05) is 13.2 Å². The van der Waals surface area contributed by atoms with Crippen LogP contribution in [0, 0.1) is 5.92 Å². The van der Waals surface area contributed by atoms with Crippen LogP contribution in [0.1, 0.15) is 37.4 Å². The Labute approximate surface area is 135 Å². The van der Waals surface area contributed by atoms with Gasteiger partial charge in [-0.3, -0.25) is 14.5 Å². The van der Waals surface area contributed by atoms with Crippen LogP contribution in [0.5, 0.6) is 0 Å². The number of hydrogen-bond acceptors (Lipinski definition) is 4. The van der Waals surface area contributed by atoms with Gasteiger partial charge in [-0.05, 0) is 43.4 Å². The van der Waals surface area contributed by atoms with Gasteiger partial charge in [0.1, 0.15) is 6.04 Å². The minimum atomic E-state index is -0.344. The maximum Gasteiger partial charge on any atom is 0.245 e. The molecular weight excluding hydrogens is 292 g/mol. The summed E-state index contributed by atoms with van der Waals surface area (Å²) in [6, 6.07) is 5.36. The smallest absolute Gasteiger partial charge is 0.245 e. The SMILES string of the molecule is C[C@H](C(=O)N[C@H](c1cccnc1)C1CCOCC1)n1cccn1. The Bertz CT molecular complexity index is 609. The van der Waals surface area contributed by atoms with Crippen molar-refractivity contribution in [2.24, 2.45) is 5.92 Å². The Balaban J connectivity index is 1.76. The maximum absolute atomic E-state index is 12.6. The van der Waals surface area contributed by atoms with E-state index in [2.05, 4.69) is 15.4 Å². The number of rotatable bonds is 5. The molecule has 6 heteroatoms. The van der Waals surface area contributed by atoms with Crippen LogP contribution in [0.3, 0.4) is 0 Å². The molecule has 0 aromatic carbocycles. The first kappa shape index (κ1) is 15.7. The third-order valence-corrected chi connectivity index (χ3v) is 4.38. The molecule has 0 aliphatic carbocycles. The molecule has 2 aromatic rings. The molecule has 1 amide bonds. The van der Waals surface area contributed by atoms with Crippen LogP contribution in [0.4, 0.5) is 0 Å². The van der Waals surface area contributed by atoms with E-state index in [1.807, 2.05) is 31.3 Å². The minimum absolute atomic E-state index is 0.0333. The lowest BCUT2D eigenvalue weighted by Gasteiger charge is -2.32. The van der Waals surface area contributed by atoms with Crippen molar-refractivity contribution in [1.82, 2.24) is 20.1 Å². The number of nitrogens with zero attached hydrogens (tertiary/aromatic N) is 3. The van der Waals surface area contributed by atoms with Crippen LogP contribution in [0.2, 0.25) is 0 Å². The standard InChI is InChI=1S/C17H22N4O2/c1-13(21-9-3-8-19-21)17(22)20-16(14-5-10-23-11-6-14)15-4-2-7-18-12-15/h2-4,7-9,12-14,16H,5-6,10-11H2,1H3,(H,20,22)/t13-,16+/m1/s1. The van der Waals surface area contributed by atoms with E-state index < -0.39 is 0 Å². The number of carbonyl (C=O) groups is 1. The van der Waals surface area contributed by atoms with Gasteiger partial charge in [-0.25, -0.2) is 0 Å². The highest BCUT2D eigenvalue weighted by atomic mass is 16.5. The van der Waals surface area contributed by atoms with Gasteiger partial charge in [0.05, 0.1) is 6.04 Å². The van der Waals surface area contributed by atoms with E-state index in [-0.39, 0.29) is 18.0 Å². The Morgan fingerprint density at radius 1 is 1.35 bits per heavy atom. The first-order chi connectivity index (χ1) is 11.3. The fourth-order valence-corrected chi connectivity index (χ4v) is 2.99. The minimum Gasteiger partial charge on any atom is -0.381 e. The lowest BCUT2D eigenvalue weighted by Crippen LogP contribution is -2.39. The highest BCUT2D eigenvalue weighted by Gasteiger charge is 2.28. The Hall–Kier alpha value is -2.21. The van der Waals surface area contributed by atoms with Gasteiger partial charge >= 0.3 is 0 Å². The summed E-state index contributed by atoms with van der Waals surface area (Å²) < 4.78 is 7.12. The van der Waals surface area contributed by atoms with Crippen molar-refractivity contribution in [3.8, 4) is 0 Å². The molecule has 23 heavy (non-hydrogen) atoms. The third-order valence-electron chi connectivity index (χ3n) is 4.38. The van der Waals surface area contributed by atoms with Crippen LogP contribution in [-0.4, -0.2) is 33.9 Å². The molecule has 1 saturated heterocycles. The monoisotopic (exact) mass is 314 g/mol. The lowest BCUT2D eigenvalue weighted by molar-refractivity contribution is -0.125. The summed E-state index contributed by atoms with van der Waals surface area (Å²) in [4.78, 5) is 16.8. The molecule has 1 aliphatic heterocycles. The number of carbonyl (C=O) groups excluding carboxylic acids is 1. The fraction of sp³-hybridized carbons (Fsp3) is 0.471. The maximum atomic E-state index is 12.6. The first-order valence-electron chi connectivity index (χ1n) is 8.03. The number of amides is 1. The summed E-state index contributed by atoms with van der Waals surface area (Å²) in [6.07, 6.45) is 8.95. The average Bonchev–Trinajstić information content (AvgIpc) is 3.15. The summed E-state index contributed by atoms with van der Waals surface area (Å²) in [5.41, 5.74) is 1.04. The van der Waals surface area contributed by atoms with Gasteiger partial charge in [0.15, 0.2) is 0 Å². The summed E-state index contributed by atoms with van der Waals surface area (Å²) in [5.74, 6) is 0.329. The van der Waals surface area contributed by atoms with Crippen LogP contribution >= 0.6 is 0 Å². The molecule has 6 nitrogen and oxygen atoms in total. The number of aromatic nitrogens is 3. The molecule has 3 heterocycles. The zero-order chi connectivity index (χ0) is 16.1. The van der Waals surface area contributed by atoms with Gasteiger partial charge in [-0.2, -0.15) is 5.10 Å². The molecule has 1 fully saturated rings. The molecule has 0 spiro atoms. The van der Waals surface area contributed by atoms with E-state index in [4.69, 9.17) is 4.74 Å². The summed E-state index contributed by atoms with van der Waals surface area (Å²) in [7, 11) is 0. The van der Waals surface area contributed by atoms with Crippen molar-refractivity contribution < 1.29 is 9.53 Å². The zero-order valence-corrected chi connectivity index (χ0v) is 13.3. The second-order valence-electron chi connectivity index (χ2n) is 5.88. The lowest BCUT2D eigenvalue weighted by atomic mass is 9.87. The van der Waals surface area contributed by atoms with Crippen molar-refractivity contribution in [3.05, 3.63) is 48.5 Å². The molecular formula is C17H22N4O2. The van der Waals surface area contributed by atoms with Crippen molar-refractivity contribution in [3.63, 3.8) is 0 Å². The number of ether oxygens (including phenoxy) is 1. The topological polar surface area (TPSA) is 69.0 Å². The van der Waals surface area contributed by atoms with E-state index in [0.717, 1.165) is 31.6 Å². The zero-order valence-electron chi connectivity index (χ0n) is 13.3. The Kier molecular flexibility index (Phi) is 5.02. The van der Waals surface area contributed by atoms with Crippen LogP contribution < -0.4 is 5.32 Å². The van der Waals surface area contributed by atoms with Crippen molar-refractivity contribution >= 4 is 5.91 Å². The second-order valence-corrected chi connectivity index (χ2v) is 5.88. The van der Waals surface area contributed by atoms with Gasteiger partial charge in [-0.1, -0.05) is 6.07 Å². The van der Waals surface area contributed by atoms with E-state index in [0.29, 0.717) is 5.92 Å². The number of pyridine rings is 1. The van der Waals surface area contributed by atoms with E-state index in [1.165, 1.54) is 0 Å². The van der Waals surface area contributed by atoms with Crippen LogP contribution in [0.15, 0.2) is 43.0 Å². The molecule has 122 valence electrons. The van der Waals surface area contributed by atoms with E-state index in [1.54, 1.807) is 23.3 Å². The fourth-order valence-electron chi connectivity index (χ4n) is 2.99. The first-order valence-corrected chi connectivity index (χ1v) is 8.03. The van der Waals surface area contributed by atoms with E-state index in [9.17, 15) is 4.79 Å². The normalized spacial score (nSPS) is 18.3. The van der Waals surface area contributed by atoms with Crippen LogP contribution in [0.25, 0.3) is 0 Å². The highest BCUT2D eigenvalue weighted by molar-refractivity contribution is 5.80. The average molecular weight is 314 g/mol. The van der Waals surface area contributed by atoms with Crippen molar-refractivity contribution in [1.29, 1.82) is 0 Å². The Morgan fingerprint density at radius 3 is 2.83 bits per heavy atom. The van der Waals surface area contributed by atoms with Gasteiger partial charge in [-0.15, -0.1) is 0 Å². The summed E-state index contributed by atoms with van der Waals surface area (Å²) >= 11 is 0. The van der Waals surface area contributed by atoms with Gasteiger partial charge in [0.2, 0.25) is 5.91 Å². The second kappa shape index (κ2) is 7.37. The van der Waals surface area contributed by atoms with Gasteiger partial charge in [0.25, 0.3) is 0 Å². The number of nitrogens with one attached hydrogen (secondary N) is 1. The van der Waals surface area contributed by atoms with Crippen molar-refractivity contribution in [2.45, 2.75) is 31.8 Å². The predicted octanol–water partition coefficient (Wildman–Crippen LogP) is 2.12. The molecule has 0 bridgehead atoms. The molecule has 0 saturated carbocycles. The molecule has 1 aliphatic rings. The molecule has 0 unspecified atom stereocenters. The summed E-state index contributed by atoms with van der Waals surface area (Å²) in [5, 5.41) is 7.35. The quantitative estimate of drug-likeness (QED) is 0.918. The van der Waals surface area contributed by atoms with Gasteiger partial charge in [0, 0.05) is 38.0 Å².